The lowest BCUT2D eigenvalue weighted by atomic mass is 9.99. The lowest BCUT2D eigenvalue weighted by molar-refractivity contribution is -0.119. The summed E-state index contributed by atoms with van der Waals surface area (Å²) in [5, 5.41) is 3.93. The van der Waals surface area contributed by atoms with Crippen LogP contribution in [-0.2, 0) is 17.8 Å². The molecule has 0 aliphatic rings. The first-order chi connectivity index (χ1) is 8.08. The minimum absolute atomic E-state index is 0.130. The molecular formula is C13H20N2O2. The Hall–Kier alpha value is -1.45. The molecule has 1 rings (SSSR count). The molecule has 0 aliphatic heterocycles. The standard InChI is InChI=1S/C13H20N2O2/c1-4-10(3)8-12(16)9-11-6-7-14-15(5-2)13(11)17/h6-7,10H,4-5,8-9H2,1-3H3. The minimum atomic E-state index is -0.146. The Kier molecular flexibility index (Phi) is 5.07. The van der Waals surface area contributed by atoms with E-state index in [2.05, 4.69) is 18.9 Å². The van der Waals surface area contributed by atoms with Gasteiger partial charge in [0.1, 0.15) is 5.78 Å². The number of rotatable bonds is 6. The van der Waals surface area contributed by atoms with Gasteiger partial charge in [0.05, 0.1) is 0 Å². The fraction of sp³-hybridized carbons (Fsp3) is 0.615. The molecule has 0 aliphatic carbocycles. The highest BCUT2D eigenvalue weighted by molar-refractivity contribution is 5.80. The molecule has 0 bridgehead atoms. The Bertz CT molecular complexity index is 437. The van der Waals surface area contributed by atoms with Gasteiger partial charge in [-0.3, -0.25) is 9.59 Å². The van der Waals surface area contributed by atoms with Crippen molar-refractivity contribution >= 4 is 5.78 Å². The summed E-state index contributed by atoms with van der Waals surface area (Å²) in [7, 11) is 0. The molecule has 0 saturated heterocycles. The van der Waals surface area contributed by atoms with E-state index in [0.29, 0.717) is 24.4 Å². The van der Waals surface area contributed by atoms with Gasteiger partial charge in [-0.15, -0.1) is 0 Å². The van der Waals surface area contributed by atoms with Gasteiger partial charge in [0.2, 0.25) is 0 Å². The summed E-state index contributed by atoms with van der Waals surface area (Å²) in [5.74, 6) is 0.517. The number of carbonyl (C=O) groups is 1. The van der Waals surface area contributed by atoms with Crippen LogP contribution in [0.2, 0.25) is 0 Å². The molecule has 0 fully saturated rings. The van der Waals surface area contributed by atoms with Crippen molar-refractivity contribution in [3.63, 3.8) is 0 Å². The molecule has 1 heterocycles. The van der Waals surface area contributed by atoms with Crippen LogP contribution in [0.15, 0.2) is 17.1 Å². The van der Waals surface area contributed by atoms with Crippen LogP contribution in [0, 0.1) is 5.92 Å². The number of hydrogen-bond donors (Lipinski definition) is 0. The van der Waals surface area contributed by atoms with Crippen LogP contribution in [0.3, 0.4) is 0 Å². The third-order valence-corrected chi connectivity index (χ3v) is 2.95. The molecule has 94 valence electrons. The third-order valence-electron chi connectivity index (χ3n) is 2.95. The smallest absolute Gasteiger partial charge is 0.270 e. The van der Waals surface area contributed by atoms with E-state index < -0.39 is 0 Å². The lowest BCUT2D eigenvalue weighted by Gasteiger charge is -2.07. The van der Waals surface area contributed by atoms with E-state index in [1.165, 1.54) is 4.68 Å². The zero-order valence-corrected chi connectivity index (χ0v) is 10.8. The van der Waals surface area contributed by atoms with E-state index in [1.807, 2.05) is 6.92 Å². The van der Waals surface area contributed by atoms with Crippen molar-refractivity contribution in [2.45, 2.75) is 46.6 Å². The van der Waals surface area contributed by atoms with E-state index >= 15 is 0 Å². The summed E-state index contributed by atoms with van der Waals surface area (Å²) in [5.41, 5.74) is 0.405. The zero-order valence-electron chi connectivity index (χ0n) is 10.8. The maximum absolute atomic E-state index is 11.8. The minimum Gasteiger partial charge on any atom is -0.299 e. The van der Waals surface area contributed by atoms with E-state index in [4.69, 9.17) is 0 Å². The van der Waals surface area contributed by atoms with Crippen molar-refractivity contribution in [3.8, 4) is 0 Å². The van der Waals surface area contributed by atoms with Crippen LogP contribution < -0.4 is 5.56 Å². The lowest BCUT2D eigenvalue weighted by Crippen LogP contribution is -2.26. The molecule has 0 spiro atoms. The summed E-state index contributed by atoms with van der Waals surface area (Å²) >= 11 is 0. The van der Waals surface area contributed by atoms with Crippen molar-refractivity contribution in [1.29, 1.82) is 0 Å². The van der Waals surface area contributed by atoms with Crippen LogP contribution in [-0.4, -0.2) is 15.6 Å². The second kappa shape index (κ2) is 6.33. The summed E-state index contributed by atoms with van der Waals surface area (Å²) in [6.07, 6.45) is 3.34. The number of hydrogen-bond acceptors (Lipinski definition) is 3. The van der Waals surface area contributed by atoms with Crippen molar-refractivity contribution in [1.82, 2.24) is 9.78 Å². The molecule has 1 unspecified atom stereocenters. The second-order valence-electron chi connectivity index (χ2n) is 4.41. The molecular weight excluding hydrogens is 216 g/mol. The molecule has 17 heavy (non-hydrogen) atoms. The second-order valence-corrected chi connectivity index (χ2v) is 4.41. The van der Waals surface area contributed by atoms with Crippen molar-refractivity contribution < 1.29 is 4.79 Å². The van der Waals surface area contributed by atoms with E-state index in [1.54, 1.807) is 12.3 Å². The molecule has 1 aromatic rings. The predicted octanol–water partition coefficient (Wildman–Crippen LogP) is 1.81. The van der Waals surface area contributed by atoms with Crippen molar-refractivity contribution in [2.24, 2.45) is 5.92 Å². The summed E-state index contributed by atoms with van der Waals surface area (Å²) in [4.78, 5) is 23.6. The van der Waals surface area contributed by atoms with Crippen LogP contribution in [0.5, 0.6) is 0 Å². The molecule has 0 saturated carbocycles. The Morgan fingerprint density at radius 1 is 1.47 bits per heavy atom. The highest BCUT2D eigenvalue weighted by atomic mass is 16.1. The highest BCUT2D eigenvalue weighted by Gasteiger charge is 2.11. The predicted molar refractivity (Wildman–Crippen MR) is 67.0 cm³/mol. The van der Waals surface area contributed by atoms with E-state index in [9.17, 15) is 9.59 Å². The summed E-state index contributed by atoms with van der Waals surface area (Å²) < 4.78 is 1.38. The average Bonchev–Trinajstić information content (AvgIpc) is 2.31. The first-order valence-corrected chi connectivity index (χ1v) is 6.15. The summed E-state index contributed by atoms with van der Waals surface area (Å²) in [6, 6.07) is 1.64. The molecule has 1 aromatic heterocycles. The van der Waals surface area contributed by atoms with Gasteiger partial charge >= 0.3 is 0 Å². The molecule has 0 radical (unpaired) electrons. The Labute approximate surface area is 102 Å². The van der Waals surface area contributed by atoms with Gasteiger partial charge in [0, 0.05) is 31.1 Å². The quantitative estimate of drug-likeness (QED) is 0.757. The summed E-state index contributed by atoms with van der Waals surface area (Å²) in [6.45, 7) is 6.51. The normalized spacial score (nSPS) is 12.4. The van der Waals surface area contributed by atoms with Crippen LogP contribution in [0.4, 0.5) is 0 Å². The fourth-order valence-electron chi connectivity index (χ4n) is 1.67. The van der Waals surface area contributed by atoms with Gasteiger partial charge in [0.15, 0.2) is 0 Å². The number of carbonyl (C=O) groups excluding carboxylic acids is 1. The molecule has 0 N–H and O–H groups in total. The highest BCUT2D eigenvalue weighted by Crippen LogP contribution is 2.08. The first-order valence-electron chi connectivity index (χ1n) is 6.15. The average molecular weight is 236 g/mol. The van der Waals surface area contributed by atoms with Crippen LogP contribution >= 0.6 is 0 Å². The van der Waals surface area contributed by atoms with Crippen LogP contribution in [0.1, 0.15) is 39.2 Å². The van der Waals surface area contributed by atoms with Crippen molar-refractivity contribution in [3.05, 3.63) is 28.2 Å². The van der Waals surface area contributed by atoms with Gasteiger partial charge in [-0.25, -0.2) is 4.68 Å². The van der Waals surface area contributed by atoms with E-state index in [0.717, 1.165) is 6.42 Å². The van der Waals surface area contributed by atoms with Crippen LogP contribution in [0.25, 0.3) is 0 Å². The number of nitrogens with zero attached hydrogens (tertiary/aromatic N) is 2. The molecule has 1 atom stereocenters. The SMILES string of the molecule is CCC(C)CC(=O)Cc1ccnn(CC)c1=O. The number of aryl methyl sites for hydroxylation is 1. The molecule has 4 heteroatoms. The topological polar surface area (TPSA) is 52.0 Å². The molecule has 0 aromatic carbocycles. The number of ketones is 1. The van der Waals surface area contributed by atoms with Crippen molar-refractivity contribution in [2.75, 3.05) is 0 Å². The number of aromatic nitrogens is 2. The molecule has 4 nitrogen and oxygen atoms in total. The fourth-order valence-corrected chi connectivity index (χ4v) is 1.67. The van der Waals surface area contributed by atoms with Gasteiger partial charge < -0.3 is 0 Å². The Balaban J connectivity index is 2.75. The number of Topliss-reactive ketones (excluding diaryl/α,β-unsaturated/α-hetero) is 1. The molecule has 0 amide bonds. The largest absolute Gasteiger partial charge is 0.299 e. The van der Waals surface area contributed by atoms with Gasteiger partial charge in [0.25, 0.3) is 5.56 Å². The van der Waals surface area contributed by atoms with Gasteiger partial charge in [-0.05, 0) is 18.9 Å². The Morgan fingerprint density at radius 3 is 2.76 bits per heavy atom. The van der Waals surface area contributed by atoms with Gasteiger partial charge in [-0.1, -0.05) is 20.3 Å². The first kappa shape index (κ1) is 13.6. The maximum Gasteiger partial charge on any atom is 0.270 e. The Morgan fingerprint density at radius 2 is 2.18 bits per heavy atom. The third kappa shape index (κ3) is 3.80. The maximum atomic E-state index is 11.8. The monoisotopic (exact) mass is 236 g/mol. The van der Waals surface area contributed by atoms with Gasteiger partial charge in [-0.2, -0.15) is 5.10 Å². The van der Waals surface area contributed by atoms with E-state index in [-0.39, 0.29) is 17.8 Å². The zero-order chi connectivity index (χ0) is 12.8.